The third-order valence-electron chi connectivity index (χ3n) is 5.57. The van der Waals surface area contributed by atoms with Crippen LogP contribution in [0.15, 0.2) is 48.5 Å². The lowest BCUT2D eigenvalue weighted by Gasteiger charge is -2.39. The van der Waals surface area contributed by atoms with Gasteiger partial charge in [0.2, 0.25) is 10.8 Å². The summed E-state index contributed by atoms with van der Waals surface area (Å²) in [5, 5.41) is 15.2. The van der Waals surface area contributed by atoms with Crippen LogP contribution >= 0.6 is 11.8 Å². The molecule has 0 saturated carbocycles. The Morgan fingerprint density at radius 1 is 1.23 bits per heavy atom. The molecule has 2 fully saturated rings. The Balaban J connectivity index is 1.83. The average Bonchev–Trinajstić information content (AvgIpc) is 3.18. The van der Waals surface area contributed by atoms with E-state index in [1.807, 2.05) is 0 Å². The minimum Gasteiger partial charge on any atom is -0.424 e. The average molecular weight is 372 g/mol. The van der Waals surface area contributed by atoms with E-state index in [0.717, 1.165) is 0 Å². The Hall–Kier alpha value is -2.61. The summed E-state index contributed by atoms with van der Waals surface area (Å²) in [6.45, 7) is 1.71. The zero-order chi connectivity index (χ0) is 18.3. The largest absolute Gasteiger partial charge is 0.424 e. The zero-order valence-electron chi connectivity index (χ0n) is 13.6. The number of nitrogens with zero attached hydrogens (tertiary/aromatic N) is 1. The fraction of sp³-hybridized carbons (Fsp3) is 0.278. The Labute approximate surface area is 151 Å². The van der Waals surface area contributed by atoms with Crippen LogP contribution in [0.2, 0.25) is 0 Å². The first-order valence-electron chi connectivity index (χ1n) is 8.06. The third kappa shape index (κ3) is 1.48. The van der Waals surface area contributed by atoms with E-state index < -0.39 is 32.0 Å². The fourth-order valence-corrected chi connectivity index (χ4v) is 6.48. The second kappa shape index (κ2) is 4.56. The molecule has 4 atom stereocenters. The first-order chi connectivity index (χ1) is 12.3. The summed E-state index contributed by atoms with van der Waals surface area (Å²) in [6, 6.07) is 12.4. The van der Waals surface area contributed by atoms with Gasteiger partial charge in [-0.2, -0.15) is 0 Å². The van der Waals surface area contributed by atoms with E-state index in [9.17, 15) is 19.3 Å². The van der Waals surface area contributed by atoms with Crippen molar-refractivity contribution >= 4 is 17.7 Å². The summed E-state index contributed by atoms with van der Waals surface area (Å²) >= 11 is 1.18. The number of amides is 1. The predicted octanol–water partition coefficient (Wildman–Crippen LogP) is 2.76. The number of halogens is 1. The first kappa shape index (κ1) is 15.6. The molecule has 3 aliphatic rings. The molecule has 0 radical (unpaired) electrons. The molecule has 2 saturated heterocycles. The van der Waals surface area contributed by atoms with Crippen LogP contribution in [0.4, 0.5) is 4.39 Å². The van der Waals surface area contributed by atoms with E-state index in [2.05, 4.69) is 5.32 Å². The minimum absolute atomic E-state index is 0.283. The van der Waals surface area contributed by atoms with Crippen molar-refractivity contribution in [3.05, 3.63) is 75.6 Å². The molecular weight excluding hydrogens is 359 g/mol. The van der Waals surface area contributed by atoms with Gasteiger partial charge in [-0.15, -0.1) is 0 Å². The second-order valence-electron chi connectivity index (χ2n) is 6.88. The summed E-state index contributed by atoms with van der Waals surface area (Å²) in [5.74, 6) is -1.09. The van der Waals surface area contributed by atoms with Gasteiger partial charge in [0.1, 0.15) is 22.2 Å². The molecule has 2 bridgehead atoms. The molecule has 0 aromatic heterocycles. The molecule has 0 aliphatic carbocycles. The van der Waals surface area contributed by atoms with Gasteiger partial charge in [0.25, 0.3) is 0 Å². The number of piperidine rings is 1. The van der Waals surface area contributed by atoms with Gasteiger partial charge in [-0.3, -0.25) is 14.9 Å². The molecule has 1 N–H and O–H groups in total. The maximum atomic E-state index is 13.4. The van der Waals surface area contributed by atoms with Crippen LogP contribution in [0.1, 0.15) is 24.0 Å². The highest BCUT2D eigenvalue weighted by atomic mass is 32.2. The van der Waals surface area contributed by atoms with Gasteiger partial charge < -0.3 is 10.1 Å². The van der Waals surface area contributed by atoms with Crippen LogP contribution in [-0.2, 0) is 9.67 Å². The molecule has 0 spiro atoms. The Bertz CT molecular complexity index is 983. The van der Waals surface area contributed by atoms with E-state index in [1.165, 1.54) is 36.0 Å². The van der Waals surface area contributed by atoms with Crippen molar-refractivity contribution < 1.29 is 18.8 Å². The number of ether oxygens (including phenoxy) is 1. The number of nitro groups is 1. The molecule has 132 valence electrons. The molecule has 5 rings (SSSR count). The van der Waals surface area contributed by atoms with Gasteiger partial charge >= 0.3 is 5.72 Å². The topological polar surface area (TPSA) is 81.5 Å². The van der Waals surface area contributed by atoms with E-state index >= 15 is 0 Å². The van der Waals surface area contributed by atoms with Crippen molar-refractivity contribution in [3.63, 3.8) is 0 Å². The van der Waals surface area contributed by atoms with Crippen LogP contribution in [0.3, 0.4) is 0 Å². The van der Waals surface area contributed by atoms with Gasteiger partial charge in [-0.25, -0.2) is 4.39 Å². The maximum Gasteiger partial charge on any atom is 0.408 e. The number of nitrogens with one attached hydrogen (secondary N) is 1. The van der Waals surface area contributed by atoms with Crippen molar-refractivity contribution in [1.29, 1.82) is 0 Å². The number of rotatable bonds is 2. The number of fused-ring (bicyclic) bond motifs is 7. The Morgan fingerprint density at radius 2 is 1.92 bits per heavy atom. The van der Waals surface area contributed by atoms with Crippen molar-refractivity contribution in [3.8, 4) is 5.75 Å². The lowest BCUT2D eigenvalue weighted by atomic mass is 9.72. The smallest absolute Gasteiger partial charge is 0.408 e. The monoisotopic (exact) mass is 372 g/mol. The van der Waals surface area contributed by atoms with E-state index in [0.29, 0.717) is 16.9 Å². The molecule has 6 nitrogen and oxygen atoms in total. The molecule has 2 aromatic rings. The molecule has 1 amide bonds. The van der Waals surface area contributed by atoms with Crippen LogP contribution in [0.5, 0.6) is 5.75 Å². The molecule has 26 heavy (non-hydrogen) atoms. The van der Waals surface area contributed by atoms with Crippen LogP contribution < -0.4 is 10.1 Å². The van der Waals surface area contributed by atoms with Crippen molar-refractivity contribution in [1.82, 2.24) is 5.32 Å². The molecule has 0 unspecified atom stereocenters. The molecule has 2 aromatic carbocycles. The third-order valence-corrected chi connectivity index (χ3v) is 7.35. The summed E-state index contributed by atoms with van der Waals surface area (Å²) < 4.78 is 18.4. The predicted molar refractivity (Wildman–Crippen MR) is 91.8 cm³/mol. The van der Waals surface area contributed by atoms with Crippen molar-refractivity contribution in [2.45, 2.75) is 28.2 Å². The number of hydrogen-bond donors (Lipinski definition) is 1. The quantitative estimate of drug-likeness (QED) is 0.648. The Kier molecular flexibility index (Phi) is 2.74. The highest BCUT2D eigenvalue weighted by Gasteiger charge is 2.89. The van der Waals surface area contributed by atoms with E-state index in [4.69, 9.17) is 4.74 Å². The van der Waals surface area contributed by atoms with Crippen molar-refractivity contribution in [2.75, 3.05) is 0 Å². The summed E-state index contributed by atoms with van der Waals surface area (Å²) in [5.41, 5.74) is -0.812. The number of carbonyl (C=O) groups excluding carboxylic acids is 1. The minimum atomic E-state index is -1.90. The second-order valence-corrected chi connectivity index (χ2v) is 8.54. The number of carbonyl (C=O) groups is 1. The standard InChI is InChI=1S/C18H13FN2O4S/c1-16-14-12-4-2-3-5-13(12)25-18(14,21(23)24)17(26-16,20-15(16)22)10-6-8-11(19)9-7-10/h2-9,14H,1H3,(H,20,22)/t14-,16+,17-,18-/m1/s1. The van der Waals surface area contributed by atoms with Crippen LogP contribution in [0.25, 0.3) is 0 Å². The SMILES string of the molecule is C[C@@]12S[C@@](c3ccc(F)cc3)(NC1=O)[C@]1([N+](=O)[O-])Oc3ccccc3[C@H]21. The highest BCUT2D eigenvalue weighted by Crippen LogP contribution is 2.74. The normalized spacial score (nSPS) is 36.2. The van der Waals surface area contributed by atoms with Gasteiger partial charge in [0.15, 0.2) is 0 Å². The number of para-hydroxylation sites is 1. The van der Waals surface area contributed by atoms with E-state index in [-0.39, 0.29) is 5.91 Å². The maximum absolute atomic E-state index is 13.4. The van der Waals surface area contributed by atoms with Crippen molar-refractivity contribution in [2.24, 2.45) is 0 Å². The number of thioether (sulfide) groups is 1. The van der Waals surface area contributed by atoms with Gasteiger partial charge in [0, 0.05) is 5.56 Å². The summed E-state index contributed by atoms with van der Waals surface area (Å²) in [4.78, 5) is 23.3. The molecule has 8 heteroatoms. The number of hydrogen-bond acceptors (Lipinski definition) is 5. The zero-order valence-corrected chi connectivity index (χ0v) is 14.4. The fourth-order valence-electron chi connectivity index (χ4n) is 4.51. The summed E-state index contributed by atoms with van der Waals surface area (Å²) in [7, 11) is 0. The Morgan fingerprint density at radius 3 is 2.62 bits per heavy atom. The van der Waals surface area contributed by atoms with Gasteiger partial charge in [0.05, 0.1) is 4.92 Å². The lowest BCUT2D eigenvalue weighted by Crippen LogP contribution is -2.68. The highest BCUT2D eigenvalue weighted by molar-refractivity contribution is 8.03. The number of benzene rings is 2. The van der Waals surface area contributed by atoms with Gasteiger partial charge in [-0.05, 0) is 30.7 Å². The molecule has 3 aliphatic heterocycles. The molecule has 3 heterocycles. The molecular formula is C18H13FN2O4S. The van der Waals surface area contributed by atoms with E-state index in [1.54, 1.807) is 31.2 Å². The lowest BCUT2D eigenvalue weighted by molar-refractivity contribution is -0.627. The van der Waals surface area contributed by atoms with Crippen LogP contribution in [-0.4, -0.2) is 21.3 Å². The summed E-state index contributed by atoms with van der Waals surface area (Å²) in [6.07, 6.45) is 0. The first-order valence-corrected chi connectivity index (χ1v) is 8.88. The van der Waals surface area contributed by atoms with Crippen LogP contribution in [0, 0.1) is 15.9 Å². The van der Waals surface area contributed by atoms with Gasteiger partial charge in [-0.1, -0.05) is 42.1 Å².